The number of hydrogen-bond donors (Lipinski definition) is 1. The second-order valence-corrected chi connectivity index (χ2v) is 3.68. The molecule has 0 aromatic carbocycles. The lowest BCUT2D eigenvalue weighted by atomic mass is 10.2. The second-order valence-electron chi connectivity index (χ2n) is 3.27. The fourth-order valence-corrected chi connectivity index (χ4v) is 1.58. The number of aromatic nitrogens is 3. The van der Waals surface area contributed by atoms with E-state index in [1.165, 1.54) is 17.1 Å². The van der Waals surface area contributed by atoms with Crippen LogP contribution in [0.4, 0.5) is 5.69 Å². The predicted octanol–water partition coefficient (Wildman–Crippen LogP) is 1.28. The van der Waals surface area contributed by atoms with E-state index in [9.17, 15) is 4.79 Å². The van der Waals surface area contributed by atoms with Crippen LogP contribution in [-0.4, -0.2) is 20.5 Å². The number of aryl methyl sites for hydroxylation is 1. The number of pyridine rings is 1. The molecule has 2 aromatic heterocycles. The van der Waals surface area contributed by atoms with Gasteiger partial charge in [0.1, 0.15) is 11.4 Å². The molecule has 2 aromatic rings. The van der Waals surface area contributed by atoms with Crippen LogP contribution >= 0.6 is 11.6 Å². The molecule has 0 spiro atoms. The highest BCUT2D eigenvalue weighted by Gasteiger charge is 2.18. The van der Waals surface area contributed by atoms with Crippen molar-refractivity contribution in [2.45, 2.75) is 0 Å². The molecule has 0 radical (unpaired) electrons. The normalized spacial score (nSPS) is 10.4. The first-order valence-electron chi connectivity index (χ1n) is 4.53. The zero-order chi connectivity index (χ0) is 11.7. The monoisotopic (exact) mass is 236 g/mol. The number of nitrogens with two attached hydrogens (primary N) is 1. The molecule has 0 atom stereocenters. The highest BCUT2D eigenvalue weighted by molar-refractivity contribution is 6.34. The number of hydrogen-bond acceptors (Lipinski definition) is 4. The van der Waals surface area contributed by atoms with Gasteiger partial charge in [0, 0.05) is 7.05 Å². The maximum Gasteiger partial charge on any atom is 0.230 e. The van der Waals surface area contributed by atoms with E-state index in [0.29, 0.717) is 22.1 Å². The molecule has 0 aliphatic heterocycles. The molecule has 82 valence electrons. The van der Waals surface area contributed by atoms with Crippen LogP contribution in [-0.2, 0) is 7.05 Å². The van der Waals surface area contributed by atoms with E-state index in [1.807, 2.05) is 0 Å². The summed E-state index contributed by atoms with van der Waals surface area (Å²) in [5.74, 6) is -0.273. The second kappa shape index (κ2) is 3.94. The largest absolute Gasteiger partial charge is 0.397 e. The van der Waals surface area contributed by atoms with E-state index in [0.717, 1.165) is 0 Å². The number of nitrogen functional groups attached to an aromatic ring is 1. The summed E-state index contributed by atoms with van der Waals surface area (Å²) in [5, 5.41) is 4.20. The van der Waals surface area contributed by atoms with Crippen molar-refractivity contribution in [1.82, 2.24) is 14.8 Å². The Kier molecular flexibility index (Phi) is 2.62. The Hall–Kier alpha value is -1.88. The first kappa shape index (κ1) is 10.6. The summed E-state index contributed by atoms with van der Waals surface area (Å²) >= 11 is 5.86. The molecule has 5 nitrogen and oxygen atoms in total. The number of carbonyl (C=O) groups excluding carboxylic acids is 1. The lowest BCUT2D eigenvalue weighted by Crippen LogP contribution is -2.10. The van der Waals surface area contributed by atoms with Gasteiger partial charge in [-0.05, 0) is 12.1 Å². The summed E-state index contributed by atoms with van der Waals surface area (Å²) in [6.07, 6.45) is 2.85. The predicted molar refractivity (Wildman–Crippen MR) is 60.3 cm³/mol. The van der Waals surface area contributed by atoms with Gasteiger partial charge >= 0.3 is 0 Å². The summed E-state index contributed by atoms with van der Waals surface area (Å²) in [6.45, 7) is 0. The maximum atomic E-state index is 12.0. The van der Waals surface area contributed by atoms with Crippen LogP contribution in [0.25, 0.3) is 0 Å². The number of halogens is 1. The van der Waals surface area contributed by atoms with Crippen molar-refractivity contribution in [3.05, 3.63) is 40.9 Å². The van der Waals surface area contributed by atoms with Crippen molar-refractivity contribution in [2.75, 3.05) is 5.73 Å². The van der Waals surface area contributed by atoms with Crippen LogP contribution in [0.2, 0.25) is 5.02 Å². The minimum Gasteiger partial charge on any atom is -0.397 e. The fraction of sp³-hybridized carbons (Fsp3) is 0.100. The third-order valence-corrected chi connectivity index (χ3v) is 2.40. The van der Waals surface area contributed by atoms with Gasteiger partial charge in [-0.1, -0.05) is 11.6 Å². The zero-order valence-electron chi connectivity index (χ0n) is 8.51. The molecular weight excluding hydrogens is 228 g/mol. The summed E-state index contributed by atoms with van der Waals surface area (Å²) in [5.41, 5.74) is 6.60. The molecule has 0 aliphatic rings. The van der Waals surface area contributed by atoms with Gasteiger partial charge in [0.25, 0.3) is 0 Å². The molecule has 0 bridgehead atoms. The quantitative estimate of drug-likeness (QED) is 0.798. The van der Waals surface area contributed by atoms with Crippen LogP contribution in [0.15, 0.2) is 24.5 Å². The van der Waals surface area contributed by atoms with Gasteiger partial charge in [-0.3, -0.25) is 14.5 Å². The molecule has 0 fully saturated rings. The number of nitrogens with zero attached hydrogens (tertiary/aromatic N) is 3. The van der Waals surface area contributed by atoms with Gasteiger partial charge in [-0.25, -0.2) is 0 Å². The number of anilines is 1. The topological polar surface area (TPSA) is 73.8 Å². The maximum absolute atomic E-state index is 12.0. The smallest absolute Gasteiger partial charge is 0.230 e. The molecule has 2 rings (SSSR count). The Morgan fingerprint density at radius 1 is 1.44 bits per heavy atom. The minimum atomic E-state index is -0.273. The van der Waals surface area contributed by atoms with Crippen molar-refractivity contribution in [2.24, 2.45) is 7.05 Å². The van der Waals surface area contributed by atoms with E-state index in [1.54, 1.807) is 19.2 Å². The Morgan fingerprint density at radius 3 is 2.69 bits per heavy atom. The molecule has 0 saturated heterocycles. The van der Waals surface area contributed by atoms with E-state index in [2.05, 4.69) is 10.1 Å². The number of carbonyl (C=O) groups is 1. The Bertz CT molecular complexity index is 513. The summed E-state index contributed by atoms with van der Waals surface area (Å²) in [4.78, 5) is 16.0. The van der Waals surface area contributed by atoms with Crippen LogP contribution in [0.1, 0.15) is 16.2 Å². The van der Waals surface area contributed by atoms with Gasteiger partial charge in [0.15, 0.2) is 0 Å². The number of rotatable bonds is 2. The van der Waals surface area contributed by atoms with Crippen molar-refractivity contribution >= 4 is 23.1 Å². The first-order chi connectivity index (χ1) is 7.59. The molecule has 0 unspecified atom stereocenters. The molecule has 2 heterocycles. The highest BCUT2D eigenvalue weighted by Crippen LogP contribution is 2.17. The fourth-order valence-electron chi connectivity index (χ4n) is 1.33. The summed E-state index contributed by atoms with van der Waals surface area (Å²) in [6, 6.07) is 3.17. The summed E-state index contributed by atoms with van der Waals surface area (Å²) in [7, 11) is 1.65. The van der Waals surface area contributed by atoms with Crippen molar-refractivity contribution in [1.29, 1.82) is 0 Å². The average molecular weight is 237 g/mol. The SMILES string of the molecule is Cn1ncc(Cl)c1C(=O)c1ccc(N)cn1. The standard InChI is InChI=1S/C10H9ClN4O/c1-15-9(7(11)5-14-15)10(16)8-3-2-6(12)4-13-8/h2-5H,12H2,1H3. The number of ketones is 1. The first-order valence-corrected chi connectivity index (χ1v) is 4.91. The lowest BCUT2D eigenvalue weighted by molar-refractivity contribution is 0.102. The molecular formula is C10H9ClN4O. The minimum absolute atomic E-state index is 0.273. The third kappa shape index (κ3) is 1.77. The molecule has 2 N–H and O–H groups in total. The van der Waals surface area contributed by atoms with Crippen molar-refractivity contribution in [3.8, 4) is 0 Å². The Morgan fingerprint density at radius 2 is 2.19 bits per heavy atom. The van der Waals surface area contributed by atoms with E-state index >= 15 is 0 Å². The van der Waals surface area contributed by atoms with Gasteiger partial charge in [-0.2, -0.15) is 5.10 Å². The van der Waals surface area contributed by atoms with Crippen LogP contribution < -0.4 is 5.73 Å². The zero-order valence-corrected chi connectivity index (χ0v) is 9.27. The lowest BCUT2D eigenvalue weighted by Gasteiger charge is -2.01. The van der Waals surface area contributed by atoms with Crippen molar-refractivity contribution in [3.63, 3.8) is 0 Å². The molecule has 0 aliphatic carbocycles. The highest BCUT2D eigenvalue weighted by atomic mass is 35.5. The Labute approximate surface area is 96.8 Å². The van der Waals surface area contributed by atoms with Crippen LogP contribution in [0, 0.1) is 0 Å². The van der Waals surface area contributed by atoms with Gasteiger partial charge in [0.05, 0.1) is 23.1 Å². The van der Waals surface area contributed by atoms with Crippen LogP contribution in [0.5, 0.6) is 0 Å². The Balaban J connectivity index is 2.43. The third-order valence-electron chi connectivity index (χ3n) is 2.13. The van der Waals surface area contributed by atoms with Crippen molar-refractivity contribution < 1.29 is 4.79 Å². The average Bonchev–Trinajstić information content (AvgIpc) is 2.59. The molecule has 0 saturated carbocycles. The van der Waals surface area contributed by atoms with Gasteiger partial charge in [0.2, 0.25) is 5.78 Å². The van der Waals surface area contributed by atoms with Gasteiger partial charge < -0.3 is 5.73 Å². The molecule has 0 amide bonds. The molecule has 6 heteroatoms. The molecule has 16 heavy (non-hydrogen) atoms. The van der Waals surface area contributed by atoms with Gasteiger partial charge in [-0.15, -0.1) is 0 Å². The van der Waals surface area contributed by atoms with E-state index in [4.69, 9.17) is 17.3 Å². The van der Waals surface area contributed by atoms with Crippen LogP contribution in [0.3, 0.4) is 0 Å². The summed E-state index contributed by atoms with van der Waals surface area (Å²) < 4.78 is 1.42. The van der Waals surface area contributed by atoms with E-state index in [-0.39, 0.29) is 5.78 Å². The van der Waals surface area contributed by atoms with E-state index < -0.39 is 0 Å².